The summed E-state index contributed by atoms with van der Waals surface area (Å²) in [6, 6.07) is 3.54. The lowest BCUT2D eigenvalue weighted by atomic mass is 10.1. The van der Waals surface area contributed by atoms with E-state index in [2.05, 4.69) is 19.9 Å². The molecule has 1 N–H and O–H groups in total. The van der Waals surface area contributed by atoms with Crippen molar-refractivity contribution in [1.29, 1.82) is 5.26 Å². The van der Waals surface area contributed by atoms with Gasteiger partial charge in [0.2, 0.25) is 5.95 Å². The molecule has 3 rings (SSSR count). The molecular weight excluding hydrogens is 256 g/mol. The molecule has 0 aliphatic carbocycles. The van der Waals surface area contributed by atoms with Crippen molar-refractivity contribution in [2.45, 2.75) is 19.9 Å². The number of fused-ring (bicyclic) bond motifs is 1. The van der Waals surface area contributed by atoms with Crippen LogP contribution in [0.15, 0.2) is 17.1 Å². The van der Waals surface area contributed by atoms with Gasteiger partial charge in [-0.15, -0.1) is 0 Å². The molecule has 1 aliphatic heterocycles. The first-order valence-electron chi connectivity index (χ1n) is 6.24. The zero-order chi connectivity index (χ0) is 14.1. The highest BCUT2D eigenvalue weighted by molar-refractivity contribution is 5.38. The summed E-state index contributed by atoms with van der Waals surface area (Å²) in [4.78, 5) is 29.2. The Morgan fingerprint density at radius 1 is 1.45 bits per heavy atom. The van der Waals surface area contributed by atoms with E-state index < -0.39 is 0 Å². The number of anilines is 1. The Kier molecular flexibility index (Phi) is 2.91. The second kappa shape index (κ2) is 4.74. The number of aromatic nitrogens is 4. The van der Waals surface area contributed by atoms with Crippen molar-refractivity contribution in [3.8, 4) is 6.07 Å². The van der Waals surface area contributed by atoms with E-state index in [0.29, 0.717) is 42.5 Å². The van der Waals surface area contributed by atoms with Crippen molar-refractivity contribution in [2.24, 2.45) is 0 Å². The van der Waals surface area contributed by atoms with E-state index in [1.54, 1.807) is 19.2 Å². The van der Waals surface area contributed by atoms with Crippen LogP contribution in [0, 0.1) is 18.3 Å². The average molecular weight is 268 g/mol. The monoisotopic (exact) mass is 268 g/mol. The van der Waals surface area contributed by atoms with Crippen LogP contribution in [0.5, 0.6) is 0 Å². The summed E-state index contributed by atoms with van der Waals surface area (Å²) >= 11 is 0. The Hall–Kier alpha value is -2.75. The highest BCUT2D eigenvalue weighted by Gasteiger charge is 2.22. The van der Waals surface area contributed by atoms with Gasteiger partial charge in [0.05, 0.1) is 17.8 Å². The zero-order valence-corrected chi connectivity index (χ0v) is 10.9. The predicted octanol–water partition coefficient (Wildman–Crippen LogP) is 0.303. The van der Waals surface area contributed by atoms with Crippen molar-refractivity contribution in [3.05, 3.63) is 45.4 Å². The van der Waals surface area contributed by atoms with Gasteiger partial charge < -0.3 is 9.88 Å². The molecule has 0 atom stereocenters. The molecular formula is C13H12N6O. The topological polar surface area (TPSA) is 98.6 Å². The standard InChI is InChI=1S/C13H12N6O/c1-8-16-11-3-5-19(7-10(11)12(20)17-8)13-15-4-2-9(6-14)18-13/h2,4H,3,5,7H2,1H3,(H,16,17,20). The lowest BCUT2D eigenvalue weighted by molar-refractivity contribution is 0.673. The minimum atomic E-state index is -0.117. The van der Waals surface area contributed by atoms with Gasteiger partial charge in [-0.25, -0.2) is 15.0 Å². The van der Waals surface area contributed by atoms with E-state index in [4.69, 9.17) is 5.26 Å². The van der Waals surface area contributed by atoms with E-state index in [9.17, 15) is 4.79 Å². The first kappa shape index (κ1) is 12.3. The maximum absolute atomic E-state index is 12.0. The van der Waals surface area contributed by atoms with Crippen LogP contribution in [0.25, 0.3) is 0 Å². The Bertz CT molecular complexity index is 760. The maximum atomic E-state index is 12.0. The third-order valence-corrected chi connectivity index (χ3v) is 3.23. The molecule has 0 amide bonds. The Labute approximate surface area is 114 Å². The lowest BCUT2D eigenvalue weighted by Gasteiger charge is -2.27. The molecule has 0 unspecified atom stereocenters. The number of hydrogen-bond donors (Lipinski definition) is 1. The number of H-pyrrole nitrogens is 1. The molecule has 0 bridgehead atoms. The molecule has 100 valence electrons. The van der Waals surface area contributed by atoms with E-state index in [1.807, 2.05) is 11.0 Å². The number of nitriles is 1. The number of aryl methyl sites for hydroxylation is 1. The van der Waals surface area contributed by atoms with Gasteiger partial charge in [-0.1, -0.05) is 0 Å². The molecule has 7 heteroatoms. The average Bonchev–Trinajstić information content (AvgIpc) is 2.47. The van der Waals surface area contributed by atoms with Crippen LogP contribution in [0.2, 0.25) is 0 Å². The van der Waals surface area contributed by atoms with Crippen LogP contribution in [-0.4, -0.2) is 26.5 Å². The largest absolute Gasteiger partial charge is 0.336 e. The number of nitrogens with one attached hydrogen (secondary N) is 1. The third kappa shape index (κ3) is 2.12. The van der Waals surface area contributed by atoms with Gasteiger partial charge in [0.15, 0.2) is 0 Å². The second-order valence-corrected chi connectivity index (χ2v) is 4.60. The van der Waals surface area contributed by atoms with Gasteiger partial charge in [-0.05, 0) is 13.0 Å². The SMILES string of the molecule is Cc1nc2c(c(=O)[nH]1)CN(c1nccc(C#N)n1)CC2. The Balaban J connectivity index is 1.96. The molecule has 0 aromatic carbocycles. The molecule has 3 heterocycles. The molecule has 7 nitrogen and oxygen atoms in total. The third-order valence-electron chi connectivity index (χ3n) is 3.23. The van der Waals surface area contributed by atoms with Crippen molar-refractivity contribution in [2.75, 3.05) is 11.4 Å². The molecule has 0 radical (unpaired) electrons. The molecule has 0 spiro atoms. The molecule has 2 aromatic rings. The van der Waals surface area contributed by atoms with E-state index in [1.165, 1.54) is 0 Å². The summed E-state index contributed by atoms with van der Waals surface area (Å²) in [6.45, 7) is 2.86. The first-order chi connectivity index (χ1) is 9.67. The summed E-state index contributed by atoms with van der Waals surface area (Å²) in [5, 5.41) is 8.87. The predicted molar refractivity (Wildman–Crippen MR) is 71.1 cm³/mol. The fourth-order valence-electron chi connectivity index (χ4n) is 2.28. The molecule has 20 heavy (non-hydrogen) atoms. The normalized spacial score (nSPS) is 13.7. The van der Waals surface area contributed by atoms with Crippen molar-refractivity contribution >= 4 is 5.95 Å². The Morgan fingerprint density at radius 2 is 2.30 bits per heavy atom. The van der Waals surface area contributed by atoms with Gasteiger partial charge in [0, 0.05) is 19.2 Å². The fourth-order valence-corrected chi connectivity index (χ4v) is 2.28. The van der Waals surface area contributed by atoms with Crippen LogP contribution >= 0.6 is 0 Å². The maximum Gasteiger partial charge on any atom is 0.256 e. The van der Waals surface area contributed by atoms with Crippen molar-refractivity contribution < 1.29 is 0 Å². The molecule has 0 fully saturated rings. The minimum Gasteiger partial charge on any atom is -0.336 e. The number of aromatic amines is 1. The van der Waals surface area contributed by atoms with Gasteiger partial charge >= 0.3 is 0 Å². The number of hydrogen-bond acceptors (Lipinski definition) is 6. The molecule has 0 saturated heterocycles. The van der Waals surface area contributed by atoms with Gasteiger partial charge in [-0.3, -0.25) is 4.79 Å². The van der Waals surface area contributed by atoms with E-state index in [-0.39, 0.29) is 5.56 Å². The molecule has 2 aromatic heterocycles. The number of rotatable bonds is 1. The lowest BCUT2D eigenvalue weighted by Crippen LogP contribution is -2.37. The highest BCUT2D eigenvalue weighted by Crippen LogP contribution is 2.18. The van der Waals surface area contributed by atoms with Crippen LogP contribution < -0.4 is 10.5 Å². The van der Waals surface area contributed by atoms with E-state index in [0.717, 1.165) is 5.69 Å². The van der Waals surface area contributed by atoms with Crippen LogP contribution in [0.1, 0.15) is 22.8 Å². The Morgan fingerprint density at radius 3 is 3.10 bits per heavy atom. The van der Waals surface area contributed by atoms with Crippen molar-refractivity contribution in [3.63, 3.8) is 0 Å². The minimum absolute atomic E-state index is 0.117. The summed E-state index contributed by atoms with van der Waals surface area (Å²) in [7, 11) is 0. The van der Waals surface area contributed by atoms with Gasteiger partial charge in [0.1, 0.15) is 17.6 Å². The van der Waals surface area contributed by atoms with Crippen LogP contribution in [0.3, 0.4) is 0 Å². The molecule has 0 saturated carbocycles. The summed E-state index contributed by atoms with van der Waals surface area (Å²) in [6.07, 6.45) is 2.22. The fraction of sp³-hybridized carbons (Fsp3) is 0.308. The second-order valence-electron chi connectivity index (χ2n) is 4.60. The summed E-state index contributed by atoms with van der Waals surface area (Å²) in [5.41, 5.74) is 1.68. The smallest absolute Gasteiger partial charge is 0.256 e. The zero-order valence-electron chi connectivity index (χ0n) is 10.9. The van der Waals surface area contributed by atoms with Crippen molar-refractivity contribution in [1.82, 2.24) is 19.9 Å². The van der Waals surface area contributed by atoms with Gasteiger partial charge in [0.25, 0.3) is 5.56 Å². The number of nitrogens with zero attached hydrogens (tertiary/aromatic N) is 5. The molecule has 1 aliphatic rings. The van der Waals surface area contributed by atoms with Gasteiger partial charge in [-0.2, -0.15) is 5.26 Å². The van der Waals surface area contributed by atoms with Crippen LogP contribution in [-0.2, 0) is 13.0 Å². The first-order valence-corrected chi connectivity index (χ1v) is 6.24. The summed E-state index contributed by atoms with van der Waals surface area (Å²) < 4.78 is 0. The van der Waals surface area contributed by atoms with Crippen LogP contribution in [0.4, 0.5) is 5.95 Å². The quantitative estimate of drug-likeness (QED) is 0.798. The van der Waals surface area contributed by atoms with E-state index >= 15 is 0 Å². The highest BCUT2D eigenvalue weighted by atomic mass is 16.1. The summed E-state index contributed by atoms with van der Waals surface area (Å²) in [5.74, 6) is 1.10.